The molecule has 138 valence electrons. The van der Waals surface area contributed by atoms with Crippen LogP contribution in [0.5, 0.6) is 5.75 Å². The maximum absolute atomic E-state index is 10.8. The van der Waals surface area contributed by atoms with Crippen LogP contribution in [0.4, 0.5) is 5.69 Å². The van der Waals surface area contributed by atoms with Crippen molar-refractivity contribution in [3.8, 4) is 5.75 Å². The van der Waals surface area contributed by atoms with Crippen molar-refractivity contribution in [2.24, 2.45) is 0 Å². The van der Waals surface area contributed by atoms with E-state index in [1.165, 1.54) is 12.1 Å². The van der Waals surface area contributed by atoms with E-state index in [1.54, 1.807) is 12.1 Å². The maximum atomic E-state index is 10.8. The van der Waals surface area contributed by atoms with E-state index >= 15 is 0 Å². The first-order valence-electron chi connectivity index (χ1n) is 8.66. The van der Waals surface area contributed by atoms with Gasteiger partial charge in [-0.2, -0.15) is 0 Å². The fourth-order valence-electron chi connectivity index (χ4n) is 3.35. The molecule has 25 heavy (non-hydrogen) atoms. The van der Waals surface area contributed by atoms with Gasteiger partial charge in [-0.05, 0) is 25.5 Å². The van der Waals surface area contributed by atoms with Gasteiger partial charge in [0.2, 0.25) is 0 Å². The van der Waals surface area contributed by atoms with E-state index in [-0.39, 0.29) is 24.6 Å². The Kier molecular flexibility index (Phi) is 6.19. The number of non-ortho nitro benzene ring substituents is 1. The number of nitro benzene ring substituents is 1. The Labute approximate surface area is 146 Å². The highest BCUT2D eigenvalue weighted by molar-refractivity contribution is 5.37. The summed E-state index contributed by atoms with van der Waals surface area (Å²) in [5.74, 6) is 0.380. The van der Waals surface area contributed by atoms with Gasteiger partial charge < -0.3 is 19.3 Å². The van der Waals surface area contributed by atoms with Crippen LogP contribution < -0.4 is 4.74 Å². The lowest BCUT2D eigenvalue weighted by Gasteiger charge is -2.38. The number of benzene rings is 1. The van der Waals surface area contributed by atoms with E-state index < -0.39 is 11.0 Å². The molecule has 0 amide bonds. The van der Waals surface area contributed by atoms with E-state index in [1.807, 2.05) is 0 Å². The molecule has 3 rings (SSSR count). The summed E-state index contributed by atoms with van der Waals surface area (Å²) >= 11 is 0. The number of β-amino-alcohol motifs (C(OH)–C–C–N with tert-alkyl or cyclic N) is 1. The molecule has 8 heteroatoms. The highest BCUT2D eigenvalue weighted by Gasteiger charge is 2.34. The summed E-state index contributed by atoms with van der Waals surface area (Å²) in [6.45, 7) is 2.67. The van der Waals surface area contributed by atoms with E-state index in [0.717, 1.165) is 25.8 Å². The largest absolute Gasteiger partial charge is 0.491 e. The predicted octanol–water partition coefficient (Wildman–Crippen LogP) is 1.56. The van der Waals surface area contributed by atoms with Crippen LogP contribution in [0.3, 0.4) is 0 Å². The first-order chi connectivity index (χ1) is 12.1. The number of likely N-dealkylation sites (tertiary alicyclic amines) is 1. The van der Waals surface area contributed by atoms with Crippen molar-refractivity contribution in [3.63, 3.8) is 0 Å². The van der Waals surface area contributed by atoms with Crippen LogP contribution in [0.15, 0.2) is 24.3 Å². The zero-order chi connectivity index (χ0) is 17.6. The van der Waals surface area contributed by atoms with Crippen molar-refractivity contribution in [1.29, 1.82) is 0 Å². The molecule has 0 spiro atoms. The number of piperidine rings is 1. The minimum atomic E-state index is -0.693. The average molecular weight is 352 g/mol. The molecule has 1 aromatic carbocycles. The molecule has 0 saturated carbocycles. The zero-order valence-corrected chi connectivity index (χ0v) is 14.1. The fourth-order valence-corrected chi connectivity index (χ4v) is 3.35. The lowest BCUT2D eigenvalue weighted by molar-refractivity contribution is -0.384. The summed E-state index contributed by atoms with van der Waals surface area (Å²) in [5, 5.41) is 21.1. The smallest absolute Gasteiger partial charge is 0.273 e. The zero-order valence-electron chi connectivity index (χ0n) is 14.1. The highest BCUT2D eigenvalue weighted by Crippen LogP contribution is 2.25. The molecule has 0 radical (unpaired) electrons. The molecule has 1 aromatic rings. The summed E-state index contributed by atoms with van der Waals surface area (Å²) in [4.78, 5) is 12.5. The Morgan fingerprint density at radius 1 is 1.36 bits per heavy atom. The summed E-state index contributed by atoms with van der Waals surface area (Å²) < 4.78 is 16.8. The number of ether oxygens (including phenoxy) is 3. The Bertz CT molecular complexity index is 578. The second kappa shape index (κ2) is 8.57. The van der Waals surface area contributed by atoms with Crippen LogP contribution in [0.25, 0.3) is 0 Å². The second-order valence-electron chi connectivity index (χ2n) is 6.39. The molecule has 1 N–H and O–H groups in total. The van der Waals surface area contributed by atoms with E-state index in [2.05, 4.69) is 4.90 Å². The lowest BCUT2D eigenvalue weighted by atomic mass is 10.0. The van der Waals surface area contributed by atoms with Crippen LogP contribution in [0.2, 0.25) is 0 Å². The van der Waals surface area contributed by atoms with Crippen LogP contribution in [-0.4, -0.2) is 66.3 Å². The Morgan fingerprint density at radius 3 is 2.92 bits per heavy atom. The SMILES string of the molecule is O=[N+]([O-])c1cccc(OCC(O)CN2CCCCC2C2OCCO2)c1. The lowest BCUT2D eigenvalue weighted by Crippen LogP contribution is -2.50. The minimum absolute atomic E-state index is 0.0291. The molecule has 0 aromatic heterocycles. The van der Waals surface area contributed by atoms with E-state index in [9.17, 15) is 15.2 Å². The predicted molar refractivity (Wildman–Crippen MR) is 89.5 cm³/mol. The van der Waals surface area contributed by atoms with E-state index in [4.69, 9.17) is 14.2 Å². The summed E-state index contributed by atoms with van der Waals surface area (Å²) in [6, 6.07) is 6.13. The van der Waals surface area contributed by atoms with Gasteiger partial charge in [0, 0.05) is 12.6 Å². The van der Waals surface area contributed by atoms with Crippen molar-refractivity contribution in [3.05, 3.63) is 34.4 Å². The standard InChI is InChI=1S/C17H24N2O6/c20-14(12-25-15-5-3-4-13(10-15)19(21)22)11-18-7-2-1-6-16(18)17-23-8-9-24-17/h3-5,10,14,16-17,20H,1-2,6-9,11-12H2. The van der Waals surface area contributed by atoms with Crippen molar-refractivity contribution >= 4 is 5.69 Å². The maximum Gasteiger partial charge on any atom is 0.273 e. The van der Waals surface area contributed by atoms with Gasteiger partial charge in [-0.3, -0.25) is 15.0 Å². The molecule has 2 heterocycles. The highest BCUT2D eigenvalue weighted by atomic mass is 16.7. The Morgan fingerprint density at radius 2 is 2.16 bits per heavy atom. The Hall–Kier alpha value is -1.74. The topological polar surface area (TPSA) is 94.3 Å². The first kappa shape index (κ1) is 18.1. The first-order valence-corrected chi connectivity index (χ1v) is 8.66. The number of nitrogens with zero attached hydrogens (tertiary/aromatic N) is 2. The minimum Gasteiger partial charge on any atom is -0.491 e. The molecule has 2 atom stereocenters. The number of hydrogen-bond donors (Lipinski definition) is 1. The molecule has 0 aliphatic carbocycles. The van der Waals surface area contributed by atoms with Crippen molar-refractivity contribution in [2.75, 3.05) is 32.9 Å². The third-order valence-corrected chi connectivity index (χ3v) is 4.54. The number of rotatable bonds is 7. The number of aliphatic hydroxyl groups excluding tert-OH is 1. The second-order valence-corrected chi connectivity index (χ2v) is 6.39. The van der Waals surface area contributed by atoms with Gasteiger partial charge >= 0.3 is 0 Å². The fraction of sp³-hybridized carbons (Fsp3) is 0.647. The molecule has 2 fully saturated rings. The normalized spacial score (nSPS) is 23.5. The van der Waals surface area contributed by atoms with Crippen molar-refractivity contribution in [1.82, 2.24) is 4.90 Å². The molecule has 2 saturated heterocycles. The summed E-state index contributed by atoms with van der Waals surface area (Å²) in [6.07, 6.45) is 2.29. The summed E-state index contributed by atoms with van der Waals surface area (Å²) in [5.41, 5.74) is -0.0291. The Balaban J connectivity index is 1.51. The van der Waals surface area contributed by atoms with Crippen LogP contribution in [0.1, 0.15) is 19.3 Å². The third-order valence-electron chi connectivity index (χ3n) is 4.54. The van der Waals surface area contributed by atoms with Gasteiger partial charge in [-0.1, -0.05) is 12.5 Å². The monoisotopic (exact) mass is 352 g/mol. The molecule has 8 nitrogen and oxygen atoms in total. The van der Waals surface area contributed by atoms with Gasteiger partial charge in [-0.25, -0.2) is 0 Å². The molecule has 2 aliphatic rings. The van der Waals surface area contributed by atoms with Gasteiger partial charge in [0.25, 0.3) is 5.69 Å². The molecular weight excluding hydrogens is 328 g/mol. The van der Waals surface area contributed by atoms with Gasteiger partial charge in [0.1, 0.15) is 18.5 Å². The number of aliphatic hydroxyl groups is 1. The number of hydrogen-bond acceptors (Lipinski definition) is 7. The molecular formula is C17H24N2O6. The van der Waals surface area contributed by atoms with Crippen LogP contribution in [0, 0.1) is 10.1 Å². The van der Waals surface area contributed by atoms with Gasteiger partial charge in [0.15, 0.2) is 6.29 Å². The van der Waals surface area contributed by atoms with Gasteiger partial charge in [0.05, 0.1) is 30.2 Å². The molecule has 2 aliphatic heterocycles. The molecule has 2 unspecified atom stereocenters. The quantitative estimate of drug-likeness (QED) is 0.588. The number of nitro groups is 1. The van der Waals surface area contributed by atoms with E-state index in [0.29, 0.717) is 25.5 Å². The molecule has 0 bridgehead atoms. The van der Waals surface area contributed by atoms with Crippen molar-refractivity contribution in [2.45, 2.75) is 37.7 Å². The van der Waals surface area contributed by atoms with Crippen molar-refractivity contribution < 1.29 is 24.2 Å². The van der Waals surface area contributed by atoms with Gasteiger partial charge in [-0.15, -0.1) is 0 Å². The average Bonchev–Trinajstić information content (AvgIpc) is 3.15. The van der Waals surface area contributed by atoms with Crippen LogP contribution >= 0.6 is 0 Å². The van der Waals surface area contributed by atoms with Crippen LogP contribution in [-0.2, 0) is 9.47 Å². The summed E-state index contributed by atoms with van der Waals surface area (Å²) in [7, 11) is 0. The third kappa shape index (κ3) is 4.88.